The molecular weight excluding hydrogens is 344 g/mol. The van der Waals surface area contributed by atoms with E-state index in [0.717, 1.165) is 10.2 Å². The Balaban J connectivity index is 2.23. The Morgan fingerprint density at radius 1 is 1.45 bits per heavy atom. The molecule has 0 aliphatic rings. The van der Waals surface area contributed by atoms with Crippen molar-refractivity contribution in [2.24, 2.45) is 0 Å². The molecular formula is C16H17BrN4O. The molecule has 1 aromatic carbocycles. The molecule has 0 amide bonds. The lowest BCUT2D eigenvalue weighted by molar-refractivity contribution is 0.223. The lowest BCUT2D eigenvalue weighted by Crippen LogP contribution is -2.10. The number of nitrogens with two attached hydrogens (primary N) is 1. The molecule has 1 heterocycles. The highest BCUT2D eigenvalue weighted by Gasteiger charge is 2.14. The van der Waals surface area contributed by atoms with Gasteiger partial charge in [0.2, 0.25) is 0 Å². The quantitative estimate of drug-likeness (QED) is 0.602. The molecule has 0 spiro atoms. The molecule has 0 aliphatic carbocycles. The molecule has 2 rings (SSSR count). The zero-order chi connectivity index (χ0) is 15.9. The summed E-state index contributed by atoms with van der Waals surface area (Å²) in [7, 11) is 0. The fourth-order valence-electron chi connectivity index (χ4n) is 1.99. The van der Waals surface area contributed by atoms with E-state index >= 15 is 0 Å². The van der Waals surface area contributed by atoms with Gasteiger partial charge in [0.1, 0.15) is 17.5 Å². The number of halogens is 1. The fourth-order valence-corrected chi connectivity index (χ4v) is 2.45. The Kier molecular flexibility index (Phi) is 5.61. The predicted molar refractivity (Wildman–Crippen MR) is 90.6 cm³/mol. The minimum Gasteiger partial charge on any atom is -0.482 e. The predicted octanol–water partition coefficient (Wildman–Crippen LogP) is 3.89. The third-order valence-electron chi connectivity index (χ3n) is 3.04. The van der Waals surface area contributed by atoms with Crippen molar-refractivity contribution in [3.8, 4) is 11.8 Å². The molecule has 0 unspecified atom stereocenters. The Bertz CT molecular complexity index is 670. The highest BCUT2D eigenvalue weighted by atomic mass is 79.9. The Labute approximate surface area is 138 Å². The maximum absolute atomic E-state index is 8.65. The fraction of sp³-hybridized carbons (Fsp3) is 0.250. The zero-order valence-electron chi connectivity index (χ0n) is 12.2. The van der Waals surface area contributed by atoms with Crippen molar-refractivity contribution in [1.29, 1.82) is 5.26 Å². The van der Waals surface area contributed by atoms with Crippen LogP contribution in [0.3, 0.4) is 0 Å². The molecule has 0 bridgehead atoms. The largest absolute Gasteiger partial charge is 0.482 e. The van der Waals surface area contributed by atoms with Gasteiger partial charge in [-0.1, -0.05) is 22.0 Å². The van der Waals surface area contributed by atoms with E-state index in [0.29, 0.717) is 30.1 Å². The number of rotatable bonds is 6. The van der Waals surface area contributed by atoms with Gasteiger partial charge in [-0.25, -0.2) is 0 Å². The van der Waals surface area contributed by atoms with Crippen molar-refractivity contribution in [3.63, 3.8) is 0 Å². The molecule has 22 heavy (non-hydrogen) atoms. The molecule has 6 heteroatoms. The first-order chi connectivity index (χ1) is 10.6. The molecule has 1 aromatic heterocycles. The van der Waals surface area contributed by atoms with Gasteiger partial charge >= 0.3 is 0 Å². The number of nitrogens with one attached hydrogen (secondary N) is 1. The summed E-state index contributed by atoms with van der Waals surface area (Å²) in [6.07, 6.45) is 1.91. The molecule has 114 valence electrons. The summed E-state index contributed by atoms with van der Waals surface area (Å²) in [5.41, 5.74) is 8.15. The van der Waals surface area contributed by atoms with Gasteiger partial charge in [0, 0.05) is 17.2 Å². The molecule has 1 atom stereocenters. The van der Waals surface area contributed by atoms with Crippen molar-refractivity contribution >= 4 is 27.3 Å². The standard InChI is InChI=1S/C16H17BrN4O/c1-11(14-5-2-3-7-20-14)22-15-10-12(17)9-13(19)16(15)21-8-4-6-18/h2-3,5,7,9-11,21H,4,8,19H2,1H3/t11-/m1/s1. The first kappa shape index (κ1) is 16.1. The average molecular weight is 361 g/mol. The van der Waals surface area contributed by atoms with E-state index in [1.54, 1.807) is 12.3 Å². The third-order valence-corrected chi connectivity index (χ3v) is 3.50. The topological polar surface area (TPSA) is 84.0 Å². The smallest absolute Gasteiger partial charge is 0.146 e. The molecule has 0 fully saturated rings. The van der Waals surface area contributed by atoms with Crippen LogP contribution in [0.25, 0.3) is 0 Å². The summed E-state index contributed by atoms with van der Waals surface area (Å²) in [4.78, 5) is 4.29. The van der Waals surface area contributed by atoms with Gasteiger partial charge in [-0.15, -0.1) is 0 Å². The van der Waals surface area contributed by atoms with Crippen LogP contribution in [0.15, 0.2) is 41.0 Å². The van der Waals surface area contributed by atoms with Crippen LogP contribution in [0.2, 0.25) is 0 Å². The SMILES string of the molecule is C[C@@H](Oc1cc(Br)cc(N)c1NCCC#N)c1ccccn1. The molecule has 0 saturated carbocycles. The minimum atomic E-state index is -0.216. The summed E-state index contributed by atoms with van der Waals surface area (Å²) >= 11 is 3.42. The van der Waals surface area contributed by atoms with Crippen LogP contribution in [0.1, 0.15) is 25.1 Å². The minimum absolute atomic E-state index is 0.216. The van der Waals surface area contributed by atoms with Crippen molar-refractivity contribution in [3.05, 3.63) is 46.7 Å². The maximum atomic E-state index is 8.65. The van der Waals surface area contributed by atoms with Crippen molar-refractivity contribution in [1.82, 2.24) is 4.98 Å². The highest BCUT2D eigenvalue weighted by molar-refractivity contribution is 9.10. The highest BCUT2D eigenvalue weighted by Crippen LogP contribution is 2.36. The van der Waals surface area contributed by atoms with Crippen LogP contribution in [-0.2, 0) is 0 Å². The first-order valence-electron chi connectivity index (χ1n) is 6.89. The van der Waals surface area contributed by atoms with Crippen LogP contribution >= 0.6 is 15.9 Å². The van der Waals surface area contributed by atoms with E-state index in [1.807, 2.05) is 31.2 Å². The Morgan fingerprint density at radius 3 is 2.95 bits per heavy atom. The second kappa shape index (κ2) is 7.66. The zero-order valence-corrected chi connectivity index (χ0v) is 13.8. The number of nitrogen functional groups attached to an aromatic ring is 1. The van der Waals surface area contributed by atoms with E-state index in [2.05, 4.69) is 32.3 Å². The van der Waals surface area contributed by atoms with Crippen LogP contribution in [0.5, 0.6) is 5.75 Å². The number of hydrogen-bond acceptors (Lipinski definition) is 5. The lowest BCUT2D eigenvalue weighted by Gasteiger charge is -2.19. The van der Waals surface area contributed by atoms with E-state index in [4.69, 9.17) is 15.7 Å². The van der Waals surface area contributed by atoms with Gasteiger partial charge in [0.15, 0.2) is 0 Å². The van der Waals surface area contributed by atoms with Crippen LogP contribution in [-0.4, -0.2) is 11.5 Å². The monoisotopic (exact) mass is 360 g/mol. The molecule has 5 nitrogen and oxygen atoms in total. The summed E-state index contributed by atoms with van der Waals surface area (Å²) in [6.45, 7) is 2.44. The summed E-state index contributed by atoms with van der Waals surface area (Å²) in [5, 5.41) is 11.8. The number of nitrogens with zero attached hydrogens (tertiary/aromatic N) is 2. The van der Waals surface area contributed by atoms with Crippen LogP contribution in [0.4, 0.5) is 11.4 Å². The van der Waals surface area contributed by atoms with Gasteiger partial charge in [0.05, 0.1) is 23.9 Å². The number of ether oxygens (including phenoxy) is 1. The number of anilines is 2. The van der Waals surface area contributed by atoms with Crippen molar-refractivity contribution in [2.45, 2.75) is 19.4 Å². The maximum Gasteiger partial charge on any atom is 0.146 e. The lowest BCUT2D eigenvalue weighted by atomic mass is 10.2. The van der Waals surface area contributed by atoms with E-state index in [1.165, 1.54) is 0 Å². The average Bonchev–Trinajstić information content (AvgIpc) is 2.50. The molecule has 2 aromatic rings. The number of aromatic nitrogens is 1. The van der Waals surface area contributed by atoms with Gasteiger partial charge in [0.25, 0.3) is 0 Å². The molecule has 0 saturated heterocycles. The molecule has 0 aliphatic heterocycles. The van der Waals surface area contributed by atoms with Gasteiger partial charge in [-0.2, -0.15) is 5.26 Å². The third kappa shape index (κ3) is 4.12. The Hall–Kier alpha value is -2.26. The normalized spacial score (nSPS) is 11.5. The summed E-state index contributed by atoms with van der Waals surface area (Å²) < 4.78 is 6.84. The van der Waals surface area contributed by atoms with E-state index in [9.17, 15) is 0 Å². The van der Waals surface area contributed by atoms with E-state index < -0.39 is 0 Å². The van der Waals surface area contributed by atoms with Gasteiger partial charge in [-0.3, -0.25) is 4.98 Å². The second-order valence-electron chi connectivity index (χ2n) is 4.72. The van der Waals surface area contributed by atoms with Crippen LogP contribution in [0, 0.1) is 11.3 Å². The van der Waals surface area contributed by atoms with Crippen molar-refractivity contribution in [2.75, 3.05) is 17.6 Å². The van der Waals surface area contributed by atoms with E-state index in [-0.39, 0.29) is 6.10 Å². The van der Waals surface area contributed by atoms with Crippen molar-refractivity contribution < 1.29 is 4.74 Å². The molecule has 0 radical (unpaired) electrons. The van der Waals surface area contributed by atoms with Gasteiger partial charge in [-0.05, 0) is 31.2 Å². The summed E-state index contributed by atoms with van der Waals surface area (Å²) in [6, 6.07) is 11.4. The number of pyridine rings is 1. The number of benzene rings is 1. The number of nitriles is 1. The second-order valence-corrected chi connectivity index (χ2v) is 5.63. The Morgan fingerprint density at radius 2 is 2.27 bits per heavy atom. The van der Waals surface area contributed by atoms with Crippen LogP contribution < -0.4 is 15.8 Å². The summed E-state index contributed by atoms with van der Waals surface area (Å²) in [5.74, 6) is 0.628. The number of hydrogen-bond donors (Lipinski definition) is 2. The van der Waals surface area contributed by atoms with Gasteiger partial charge < -0.3 is 15.8 Å². The first-order valence-corrected chi connectivity index (χ1v) is 7.68. The molecule has 3 N–H and O–H groups in total.